The predicted molar refractivity (Wildman–Crippen MR) is 80.4 cm³/mol. The Hall–Kier alpha value is -1.39. The maximum Gasteiger partial charge on any atom is 0.221 e. The SMILES string of the molecule is CC(=O)Nc1ccccc1CN1CCCC(C(C)O)C1. The van der Waals surface area contributed by atoms with Gasteiger partial charge in [-0.25, -0.2) is 0 Å². The van der Waals surface area contributed by atoms with E-state index in [9.17, 15) is 9.90 Å². The summed E-state index contributed by atoms with van der Waals surface area (Å²) in [6.45, 7) is 6.20. The highest BCUT2D eigenvalue weighted by Crippen LogP contribution is 2.23. The van der Waals surface area contributed by atoms with E-state index in [-0.39, 0.29) is 12.0 Å². The number of benzene rings is 1. The van der Waals surface area contributed by atoms with Gasteiger partial charge in [-0.2, -0.15) is 0 Å². The molecule has 1 amide bonds. The van der Waals surface area contributed by atoms with Crippen LogP contribution in [0.15, 0.2) is 24.3 Å². The van der Waals surface area contributed by atoms with Crippen molar-refractivity contribution in [2.75, 3.05) is 18.4 Å². The van der Waals surface area contributed by atoms with Gasteiger partial charge in [-0.3, -0.25) is 9.69 Å². The van der Waals surface area contributed by atoms with E-state index < -0.39 is 0 Å². The molecule has 0 aliphatic carbocycles. The lowest BCUT2D eigenvalue weighted by molar-refractivity contribution is -0.114. The fourth-order valence-electron chi connectivity index (χ4n) is 2.84. The van der Waals surface area contributed by atoms with Crippen LogP contribution in [0.2, 0.25) is 0 Å². The van der Waals surface area contributed by atoms with E-state index in [0.717, 1.165) is 43.7 Å². The van der Waals surface area contributed by atoms with E-state index in [1.165, 1.54) is 6.92 Å². The lowest BCUT2D eigenvalue weighted by Crippen LogP contribution is -2.39. The van der Waals surface area contributed by atoms with Gasteiger partial charge in [-0.15, -0.1) is 0 Å². The zero-order chi connectivity index (χ0) is 14.5. The van der Waals surface area contributed by atoms with Crippen molar-refractivity contribution < 1.29 is 9.90 Å². The van der Waals surface area contributed by atoms with E-state index in [1.807, 2.05) is 25.1 Å². The van der Waals surface area contributed by atoms with Crippen molar-refractivity contribution in [3.8, 4) is 0 Å². The fourth-order valence-corrected chi connectivity index (χ4v) is 2.84. The molecule has 20 heavy (non-hydrogen) atoms. The van der Waals surface area contributed by atoms with Crippen LogP contribution >= 0.6 is 0 Å². The van der Waals surface area contributed by atoms with Crippen molar-refractivity contribution in [3.63, 3.8) is 0 Å². The topological polar surface area (TPSA) is 52.6 Å². The molecule has 2 N–H and O–H groups in total. The minimum Gasteiger partial charge on any atom is -0.393 e. The second-order valence-electron chi connectivity index (χ2n) is 5.72. The molecule has 0 spiro atoms. The van der Waals surface area contributed by atoms with Gasteiger partial charge >= 0.3 is 0 Å². The molecule has 1 fully saturated rings. The molecule has 4 heteroatoms. The van der Waals surface area contributed by atoms with Gasteiger partial charge in [0, 0.05) is 25.7 Å². The Bertz CT molecular complexity index is 460. The lowest BCUT2D eigenvalue weighted by Gasteiger charge is -2.34. The van der Waals surface area contributed by atoms with Gasteiger partial charge < -0.3 is 10.4 Å². The maximum absolute atomic E-state index is 11.2. The fraction of sp³-hybridized carbons (Fsp3) is 0.562. The molecule has 1 aromatic carbocycles. The number of hydrogen-bond acceptors (Lipinski definition) is 3. The van der Waals surface area contributed by atoms with Crippen LogP contribution in [0.4, 0.5) is 5.69 Å². The van der Waals surface area contributed by atoms with Crippen molar-refractivity contribution in [3.05, 3.63) is 29.8 Å². The molecule has 0 saturated carbocycles. The highest BCUT2D eigenvalue weighted by atomic mass is 16.3. The summed E-state index contributed by atoms with van der Waals surface area (Å²) in [4.78, 5) is 13.6. The van der Waals surface area contributed by atoms with Crippen LogP contribution in [-0.2, 0) is 11.3 Å². The Labute approximate surface area is 120 Å². The van der Waals surface area contributed by atoms with Crippen LogP contribution in [0, 0.1) is 5.92 Å². The highest BCUT2D eigenvalue weighted by Gasteiger charge is 2.23. The quantitative estimate of drug-likeness (QED) is 0.886. The molecule has 110 valence electrons. The number of hydrogen-bond donors (Lipinski definition) is 2. The minimum absolute atomic E-state index is 0.0436. The molecule has 1 aliphatic heterocycles. The summed E-state index contributed by atoms with van der Waals surface area (Å²) >= 11 is 0. The van der Waals surface area contributed by atoms with Crippen LogP contribution in [0.5, 0.6) is 0 Å². The normalized spacial score (nSPS) is 21.4. The first-order chi connectivity index (χ1) is 9.56. The van der Waals surface area contributed by atoms with Gasteiger partial charge in [0.15, 0.2) is 0 Å². The molecule has 1 saturated heterocycles. The first-order valence-electron chi connectivity index (χ1n) is 7.32. The Kier molecular flexibility index (Phi) is 5.15. The number of aliphatic hydroxyl groups excluding tert-OH is 1. The van der Waals surface area contributed by atoms with Crippen LogP contribution < -0.4 is 5.32 Å². The predicted octanol–water partition coefficient (Wildman–Crippen LogP) is 2.24. The number of carbonyl (C=O) groups is 1. The van der Waals surface area contributed by atoms with E-state index >= 15 is 0 Å². The van der Waals surface area contributed by atoms with Crippen LogP contribution in [-0.4, -0.2) is 35.1 Å². The van der Waals surface area contributed by atoms with Crippen molar-refractivity contribution in [2.45, 2.75) is 39.3 Å². The van der Waals surface area contributed by atoms with E-state index in [4.69, 9.17) is 0 Å². The third-order valence-electron chi connectivity index (χ3n) is 3.95. The van der Waals surface area contributed by atoms with Crippen LogP contribution in [0.3, 0.4) is 0 Å². The first kappa shape index (κ1) is 15.0. The third kappa shape index (κ3) is 4.05. The summed E-state index contributed by atoms with van der Waals surface area (Å²) < 4.78 is 0. The van der Waals surface area contributed by atoms with Crippen molar-refractivity contribution in [2.24, 2.45) is 5.92 Å². The van der Waals surface area contributed by atoms with Crippen LogP contribution in [0.1, 0.15) is 32.3 Å². The number of carbonyl (C=O) groups excluding carboxylic acids is 1. The van der Waals surface area contributed by atoms with Gasteiger partial charge in [0.25, 0.3) is 0 Å². The summed E-state index contributed by atoms with van der Waals surface area (Å²) in [7, 11) is 0. The average Bonchev–Trinajstić information content (AvgIpc) is 2.41. The minimum atomic E-state index is -0.247. The number of piperidine rings is 1. The molecule has 0 bridgehead atoms. The Balaban J connectivity index is 2.04. The lowest BCUT2D eigenvalue weighted by atomic mass is 9.93. The molecule has 4 nitrogen and oxygen atoms in total. The number of amides is 1. The molecule has 2 atom stereocenters. The summed E-state index contributed by atoms with van der Waals surface area (Å²) in [6, 6.07) is 7.92. The Morgan fingerprint density at radius 2 is 2.25 bits per heavy atom. The van der Waals surface area contributed by atoms with Gasteiger partial charge in [0.2, 0.25) is 5.91 Å². The second-order valence-corrected chi connectivity index (χ2v) is 5.72. The first-order valence-corrected chi connectivity index (χ1v) is 7.32. The largest absolute Gasteiger partial charge is 0.393 e. The smallest absolute Gasteiger partial charge is 0.221 e. The second kappa shape index (κ2) is 6.86. The van der Waals surface area contributed by atoms with Gasteiger partial charge in [0.05, 0.1) is 6.10 Å². The number of likely N-dealkylation sites (tertiary alicyclic amines) is 1. The molecule has 1 heterocycles. The number of rotatable bonds is 4. The molecule has 2 unspecified atom stereocenters. The monoisotopic (exact) mass is 276 g/mol. The summed E-state index contributed by atoms with van der Waals surface area (Å²) in [5.41, 5.74) is 2.02. The van der Waals surface area contributed by atoms with Gasteiger partial charge in [-0.05, 0) is 43.9 Å². The highest BCUT2D eigenvalue weighted by molar-refractivity contribution is 5.89. The summed E-state index contributed by atoms with van der Waals surface area (Å²) in [5, 5.41) is 12.6. The molecule has 2 rings (SSSR count). The number of anilines is 1. The molecule has 0 radical (unpaired) electrons. The molecule has 1 aliphatic rings. The Morgan fingerprint density at radius 1 is 1.50 bits per heavy atom. The number of nitrogens with one attached hydrogen (secondary N) is 1. The standard InChI is InChI=1S/C16H24N2O2/c1-12(19)14-7-5-9-18(10-14)11-15-6-3-4-8-16(15)17-13(2)20/h3-4,6,8,12,14,19H,5,7,9-11H2,1-2H3,(H,17,20). The summed E-state index contributed by atoms with van der Waals surface area (Å²) in [6.07, 6.45) is 1.97. The molecular formula is C16H24N2O2. The van der Waals surface area contributed by atoms with E-state index in [1.54, 1.807) is 0 Å². The van der Waals surface area contributed by atoms with Gasteiger partial charge in [0.1, 0.15) is 0 Å². The maximum atomic E-state index is 11.2. The van der Waals surface area contributed by atoms with Crippen molar-refractivity contribution in [1.29, 1.82) is 0 Å². The zero-order valence-electron chi connectivity index (χ0n) is 12.3. The van der Waals surface area contributed by atoms with Gasteiger partial charge in [-0.1, -0.05) is 18.2 Å². The van der Waals surface area contributed by atoms with Crippen LogP contribution in [0.25, 0.3) is 0 Å². The molecule has 0 aromatic heterocycles. The average molecular weight is 276 g/mol. The van der Waals surface area contributed by atoms with E-state index in [0.29, 0.717) is 5.92 Å². The summed E-state index contributed by atoms with van der Waals surface area (Å²) in [5.74, 6) is 0.314. The third-order valence-corrected chi connectivity index (χ3v) is 3.95. The van der Waals surface area contributed by atoms with Crippen molar-refractivity contribution >= 4 is 11.6 Å². The van der Waals surface area contributed by atoms with Crippen molar-refractivity contribution in [1.82, 2.24) is 4.90 Å². The molecule has 1 aromatic rings. The zero-order valence-corrected chi connectivity index (χ0v) is 12.3. The number of nitrogens with zero attached hydrogens (tertiary/aromatic N) is 1. The Morgan fingerprint density at radius 3 is 2.95 bits per heavy atom. The number of aliphatic hydroxyl groups is 1. The van der Waals surface area contributed by atoms with E-state index in [2.05, 4.69) is 16.3 Å². The molecular weight excluding hydrogens is 252 g/mol. The number of para-hydroxylation sites is 1.